The smallest absolute Gasteiger partial charge is 0.311 e. The van der Waals surface area contributed by atoms with Gasteiger partial charge in [0.15, 0.2) is 0 Å². The number of rotatable bonds is 7. The topological polar surface area (TPSA) is 123 Å². The molecule has 0 spiro atoms. The fourth-order valence-electron chi connectivity index (χ4n) is 3.37. The number of imidazole rings is 1. The van der Waals surface area contributed by atoms with E-state index in [1.165, 1.54) is 18.2 Å². The largest absolute Gasteiger partial charge is 0.502 e. The lowest BCUT2D eigenvalue weighted by Crippen LogP contribution is -2.24. The zero-order valence-electron chi connectivity index (χ0n) is 16.9. The van der Waals surface area contributed by atoms with Crippen LogP contribution in [0.25, 0.3) is 11.0 Å². The number of nitro benzene ring substituents is 1. The zero-order valence-corrected chi connectivity index (χ0v) is 16.9. The van der Waals surface area contributed by atoms with Crippen molar-refractivity contribution in [3.63, 3.8) is 0 Å². The first-order valence-electron chi connectivity index (χ1n) is 9.79. The quantitative estimate of drug-likeness (QED) is 0.265. The number of amides is 1. The van der Waals surface area contributed by atoms with Crippen molar-refractivity contribution in [3.05, 3.63) is 99.9 Å². The number of benzene rings is 3. The molecule has 4 aromatic rings. The average molecular weight is 429 g/mol. The standard InChI is InChI=1S/C23H19N5O4/c29-22(26-24-14-17-9-6-12-20(23(17)30)28(31)32)15-27-19-11-5-4-10-18(19)25-21(27)13-16-7-2-1-3-8-16/h1-12,14,30H,13,15H2,(H,26,29). The molecule has 1 aromatic heterocycles. The number of phenols is 1. The van der Waals surface area contributed by atoms with Crippen LogP contribution in [-0.4, -0.2) is 31.7 Å². The molecule has 160 valence electrons. The molecule has 0 aliphatic rings. The van der Waals surface area contributed by atoms with Crippen LogP contribution in [-0.2, 0) is 17.8 Å². The van der Waals surface area contributed by atoms with E-state index in [4.69, 9.17) is 0 Å². The number of phenolic OH excluding ortho intramolecular Hbond substituents is 1. The fourth-order valence-corrected chi connectivity index (χ4v) is 3.37. The first-order valence-corrected chi connectivity index (χ1v) is 9.79. The summed E-state index contributed by atoms with van der Waals surface area (Å²) < 4.78 is 1.83. The van der Waals surface area contributed by atoms with Crippen LogP contribution in [0, 0.1) is 10.1 Å². The van der Waals surface area contributed by atoms with Gasteiger partial charge in [0.05, 0.1) is 22.2 Å². The molecule has 0 saturated carbocycles. The van der Waals surface area contributed by atoms with Gasteiger partial charge in [0.2, 0.25) is 5.75 Å². The number of hydrogen-bond donors (Lipinski definition) is 2. The lowest BCUT2D eigenvalue weighted by Gasteiger charge is -2.08. The fraction of sp³-hybridized carbons (Fsp3) is 0.0870. The molecule has 1 amide bonds. The van der Waals surface area contributed by atoms with E-state index in [1.54, 1.807) is 0 Å². The van der Waals surface area contributed by atoms with E-state index in [1.807, 2.05) is 59.2 Å². The number of hydrazone groups is 1. The number of nitrogens with zero attached hydrogens (tertiary/aromatic N) is 4. The van der Waals surface area contributed by atoms with Crippen LogP contribution in [0.15, 0.2) is 77.9 Å². The summed E-state index contributed by atoms with van der Waals surface area (Å²) >= 11 is 0. The Hall–Kier alpha value is -4.53. The molecule has 4 rings (SSSR count). The number of para-hydroxylation sites is 3. The van der Waals surface area contributed by atoms with Crippen molar-refractivity contribution in [1.29, 1.82) is 0 Å². The normalized spacial score (nSPS) is 11.1. The molecule has 0 saturated heterocycles. The lowest BCUT2D eigenvalue weighted by molar-refractivity contribution is -0.385. The van der Waals surface area contributed by atoms with E-state index in [0.29, 0.717) is 6.42 Å². The molecule has 0 radical (unpaired) electrons. The molecule has 9 nitrogen and oxygen atoms in total. The van der Waals surface area contributed by atoms with Crippen molar-refractivity contribution in [2.24, 2.45) is 5.10 Å². The molecule has 0 bridgehead atoms. The van der Waals surface area contributed by atoms with E-state index >= 15 is 0 Å². The van der Waals surface area contributed by atoms with Crippen molar-refractivity contribution in [1.82, 2.24) is 15.0 Å². The molecular formula is C23H19N5O4. The molecule has 0 atom stereocenters. The predicted molar refractivity (Wildman–Crippen MR) is 119 cm³/mol. The minimum atomic E-state index is -0.691. The van der Waals surface area contributed by atoms with Crippen LogP contribution in [0.2, 0.25) is 0 Å². The Kier molecular flexibility index (Phi) is 5.89. The van der Waals surface area contributed by atoms with Gasteiger partial charge in [-0.3, -0.25) is 14.9 Å². The lowest BCUT2D eigenvalue weighted by atomic mass is 10.1. The van der Waals surface area contributed by atoms with Gasteiger partial charge in [0.1, 0.15) is 12.4 Å². The maximum atomic E-state index is 12.6. The number of aromatic hydroxyl groups is 1. The summed E-state index contributed by atoms with van der Waals surface area (Å²) in [6.45, 7) is -0.0130. The van der Waals surface area contributed by atoms with Crippen LogP contribution >= 0.6 is 0 Å². The van der Waals surface area contributed by atoms with Crippen LogP contribution in [0.4, 0.5) is 5.69 Å². The molecule has 0 aliphatic heterocycles. The summed E-state index contributed by atoms with van der Waals surface area (Å²) in [5, 5.41) is 24.7. The Morgan fingerprint density at radius 3 is 2.62 bits per heavy atom. The number of nitro groups is 1. The highest BCUT2D eigenvalue weighted by Crippen LogP contribution is 2.27. The van der Waals surface area contributed by atoms with Gasteiger partial charge in [-0.25, -0.2) is 10.4 Å². The van der Waals surface area contributed by atoms with Crippen LogP contribution in [0.5, 0.6) is 5.75 Å². The van der Waals surface area contributed by atoms with Crippen molar-refractivity contribution >= 4 is 28.8 Å². The Balaban J connectivity index is 1.53. The highest BCUT2D eigenvalue weighted by atomic mass is 16.6. The van der Waals surface area contributed by atoms with Crippen LogP contribution < -0.4 is 5.43 Å². The Morgan fingerprint density at radius 2 is 1.84 bits per heavy atom. The number of carbonyl (C=O) groups excluding carboxylic acids is 1. The zero-order chi connectivity index (χ0) is 22.5. The minimum absolute atomic E-state index is 0.0130. The van der Waals surface area contributed by atoms with Crippen molar-refractivity contribution in [2.75, 3.05) is 0 Å². The molecule has 32 heavy (non-hydrogen) atoms. The molecule has 0 fully saturated rings. The number of hydrogen-bond acceptors (Lipinski definition) is 6. The SMILES string of the molecule is O=C(Cn1c(Cc2ccccc2)nc2ccccc21)NN=Cc1cccc([N+](=O)[O-])c1O. The Labute approximate surface area is 182 Å². The van der Waals surface area contributed by atoms with Gasteiger partial charge in [-0.2, -0.15) is 5.10 Å². The summed E-state index contributed by atoms with van der Waals surface area (Å²) in [5.41, 5.74) is 4.78. The molecule has 0 unspecified atom stereocenters. The molecule has 2 N–H and O–H groups in total. The van der Waals surface area contributed by atoms with Crippen LogP contribution in [0.1, 0.15) is 17.0 Å². The first kappa shape index (κ1) is 20.7. The second-order valence-corrected chi connectivity index (χ2v) is 7.03. The third-order valence-electron chi connectivity index (χ3n) is 4.88. The number of nitrogens with one attached hydrogen (secondary N) is 1. The van der Waals surface area contributed by atoms with Gasteiger partial charge in [0.25, 0.3) is 5.91 Å². The van der Waals surface area contributed by atoms with Crippen LogP contribution in [0.3, 0.4) is 0 Å². The maximum absolute atomic E-state index is 12.6. The van der Waals surface area contributed by atoms with Gasteiger partial charge >= 0.3 is 5.69 Å². The highest BCUT2D eigenvalue weighted by Gasteiger charge is 2.16. The Bertz CT molecular complexity index is 1310. The molecular weight excluding hydrogens is 410 g/mol. The third-order valence-corrected chi connectivity index (χ3v) is 4.88. The van der Waals surface area contributed by atoms with Crippen molar-refractivity contribution in [2.45, 2.75) is 13.0 Å². The van der Waals surface area contributed by atoms with Gasteiger partial charge in [-0.05, 0) is 23.8 Å². The monoisotopic (exact) mass is 429 g/mol. The number of fused-ring (bicyclic) bond motifs is 1. The second-order valence-electron chi connectivity index (χ2n) is 7.03. The number of aromatic nitrogens is 2. The third kappa shape index (κ3) is 4.46. The molecule has 0 aliphatic carbocycles. The average Bonchev–Trinajstić information content (AvgIpc) is 3.12. The summed E-state index contributed by atoms with van der Waals surface area (Å²) in [4.78, 5) is 27.5. The Morgan fingerprint density at radius 1 is 1.09 bits per heavy atom. The summed E-state index contributed by atoms with van der Waals surface area (Å²) in [6.07, 6.45) is 1.73. The molecule has 1 heterocycles. The molecule has 3 aromatic carbocycles. The summed E-state index contributed by atoms with van der Waals surface area (Å²) in [5.74, 6) is -0.169. The second kappa shape index (κ2) is 9.09. The van der Waals surface area contributed by atoms with E-state index in [2.05, 4.69) is 15.5 Å². The van der Waals surface area contributed by atoms with Gasteiger partial charge in [-0.15, -0.1) is 0 Å². The van der Waals surface area contributed by atoms with Gasteiger partial charge in [-0.1, -0.05) is 48.5 Å². The highest BCUT2D eigenvalue weighted by molar-refractivity contribution is 5.87. The number of carbonyl (C=O) groups is 1. The summed E-state index contributed by atoms with van der Waals surface area (Å²) in [6, 6.07) is 21.5. The predicted octanol–water partition coefficient (Wildman–Crippen LogP) is 3.39. The molecule has 9 heteroatoms. The van der Waals surface area contributed by atoms with E-state index in [9.17, 15) is 20.0 Å². The van der Waals surface area contributed by atoms with Crippen molar-refractivity contribution in [3.8, 4) is 5.75 Å². The van der Waals surface area contributed by atoms with Gasteiger partial charge < -0.3 is 9.67 Å². The van der Waals surface area contributed by atoms with Gasteiger partial charge in [0, 0.05) is 18.1 Å². The minimum Gasteiger partial charge on any atom is -0.502 e. The van der Waals surface area contributed by atoms with E-state index in [-0.39, 0.29) is 12.1 Å². The summed E-state index contributed by atoms with van der Waals surface area (Å²) in [7, 11) is 0. The van der Waals surface area contributed by atoms with Crippen molar-refractivity contribution < 1.29 is 14.8 Å². The van der Waals surface area contributed by atoms with E-state index in [0.717, 1.165) is 28.6 Å². The maximum Gasteiger partial charge on any atom is 0.311 e. The van der Waals surface area contributed by atoms with E-state index < -0.39 is 22.3 Å². The first-order chi connectivity index (χ1) is 15.5.